The van der Waals surface area contributed by atoms with E-state index in [-0.39, 0.29) is 0 Å². The van der Waals surface area contributed by atoms with Crippen LogP contribution in [0.25, 0.3) is 0 Å². The monoisotopic (exact) mass is 199 g/mol. The molecule has 1 saturated heterocycles. The summed E-state index contributed by atoms with van der Waals surface area (Å²) in [6.07, 6.45) is 1.34. The highest BCUT2D eigenvalue weighted by atomic mass is 32.2. The van der Waals surface area contributed by atoms with Crippen LogP contribution in [0.1, 0.15) is 11.3 Å². The van der Waals surface area contributed by atoms with Crippen molar-refractivity contribution in [2.45, 2.75) is 19.0 Å². The van der Waals surface area contributed by atoms with E-state index in [1.54, 1.807) is 0 Å². The molecule has 66 valence electrons. The lowest BCUT2D eigenvalue weighted by molar-refractivity contribution is 0.561. The van der Waals surface area contributed by atoms with Crippen LogP contribution < -0.4 is 5.32 Å². The van der Waals surface area contributed by atoms with E-state index in [2.05, 4.69) is 34.6 Å². The summed E-state index contributed by atoms with van der Waals surface area (Å²) in [5, 5.41) is 5.71. The Bertz CT molecular complexity index is 214. The van der Waals surface area contributed by atoms with Gasteiger partial charge in [0, 0.05) is 23.2 Å². The van der Waals surface area contributed by atoms with Crippen molar-refractivity contribution >= 4 is 23.1 Å². The van der Waals surface area contributed by atoms with Crippen LogP contribution in [0.15, 0.2) is 17.5 Å². The SMILES string of the molecule is c1csc(CNC2CCSC2)c1. The molecule has 0 amide bonds. The fraction of sp³-hybridized carbons (Fsp3) is 0.556. The summed E-state index contributed by atoms with van der Waals surface area (Å²) in [5.74, 6) is 2.63. The lowest BCUT2D eigenvalue weighted by Crippen LogP contribution is -2.27. The molecule has 0 aliphatic carbocycles. The van der Waals surface area contributed by atoms with Crippen LogP contribution in [0.4, 0.5) is 0 Å². The molecule has 1 aliphatic rings. The quantitative estimate of drug-likeness (QED) is 0.802. The summed E-state index contributed by atoms with van der Waals surface area (Å²) in [6, 6.07) is 5.07. The first-order valence-electron chi connectivity index (χ1n) is 4.28. The van der Waals surface area contributed by atoms with Crippen molar-refractivity contribution in [3.05, 3.63) is 22.4 Å². The molecule has 0 saturated carbocycles. The Morgan fingerprint density at radius 1 is 1.58 bits per heavy atom. The van der Waals surface area contributed by atoms with Crippen molar-refractivity contribution in [1.29, 1.82) is 0 Å². The predicted octanol–water partition coefficient (Wildman–Crippen LogP) is 2.34. The highest BCUT2D eigenvalue weighted by Gasteiger charge is 2.13. The molecule has 1 aromatic rings. The van der Waals surface area contributed by atoms with Gasteiger partial charge in [-0.25, -0.2) is 0 Å². The number of nitrogens with one attached hydrogen (secondary N) is 1. The first-order valence-corrected chi connectivity index (χ1v) is 6.32. The van der Waals surface area contributed by atoms with Crippen LogP contribution in [0.5, 0.6) is 0 Å². The highest BCUT2D eigenvalue weighted by Crippen LogP contribution is 2.18. The van der Waals surface area contributed by atoms with E-state index in [4.69, 9.17) is 0 Å². The van der Waals surface area contributed by atoms with Crippen LogP contribution in [0.2, 0.25) is 0 Å². The lowest BCUT2D eigenvalue weighted by Gasteiger charge is -2.08. The van der Waals surface area contributed by atoms with Crippen molar-refractivity contribution in [2.75, 3.05) is 11.5 Å². The van der Waals surface area contributed by atoms with Crippen LogP contribution >= 0.6 is 23.1 Å². The van der Waals surface area contributed by atoms with Gasteiger partial charge in [0.25, 0.3) is 0 Å². The van der Waals surface area contributed by atoms with Crippen LogP contribution in [-0.4, -0.2) is 17.5 Å². The first kappa shape index (κ1) is 8.60. The maximum atomic E-state index is 3.57. The molecule has 0 aromatic carbocycles. The minimum absolute atomic E-state index is 0.761. The Labute approximate surface area is 81.6 Å². The Morgan fingerprint density at radius 2 is 2.58 bits per heavy atom. The topological polar surface area (TPSA) is 12.0 Å². The van der Waals surface area contributed by atoms with Gasteiger partial charge in [-0.3, -0.25) is 0 Å². The zero-order valence-corrected chi connectivity index (χ0v) is 8.59. The summed E-state index contributed by atoms with van der Waals surface area (Å²) in [6.45, 7) is 1.06. The maximum Gasteiger partial charge on any atom is 0.0302 e. The molecule has 1 atom stereocenters. The minimum atomic E-state index is 0.761. The number of hydrogen-bond donors (Lipinski definition) is 1. The Balaban J connectivity index is 1.74. The van der Waals surface area contributed by atoms with E-state index in [0.29, 0.717) is 0 Å². The zero-order valence-electron chi connectivity index (χ0n) is 6.95. The van der Waals surface area contributed by atoms with Gasteiger partial charge in [-0.1, -0.05) is 6.07 Å². The van der Waals surface area contributed by atoms with Crippen molar-refractivity contribution in [2.24, 2.45) is 0 Å². The second-order valence-electron chi connectivity index (χ2n) is 3.02. The average Bonchev–Trinajstić information content (AvgIpc) is 2.74. The van der Waals surface area contributed by atoms with Gasteiger partial charge in [0.1, 0.15) is 0 Å². The molecule has 1 unspecified atom stereocenters. The van der Waals surface area contributed by atoms with E-state index in [9.17, 15) is 0 Å². The van der Waals surface area contributed by atoms with Crippen LogP contribution in [-0.2, 0) is 6.54 Å². The van der Waals surface area contributed by atoms with Gasteiger partial charge in [0.05, 0.1) is 0 Å². The molecule has 2 rings (SSSR count). The van der Waals surface area contributed by atoms with Gasteiger partial charge in [0.2, 0.25) is 0 Å². The molecular formula is C9H13NS2. The molecule has 1 fully saturated rings. The van der Waals surface area contributed by atoms with Gasteiger partial charge in [0.15, 0.2) is 0 Å². The van der Waals surface area contributed by atoms with Gasteiger partial charge in [-0.05, 0) is 23.6 Å². The second-order valence-corrected chi connectivity index (χ2v) is 5.20. The largest absolute Gasteiger partial charge is 0.308 e. The molecule has 1 nitrogen and oxygen atoms in total. The number of hydrogen-bond acceptors (Lipinski definition) is 3. The number of thiophene rings is 1. The summed E-state index contributed by atoms with van der Waals surface area (Å²) >= 11 is 3.90. The van der Waals surface area contributed by atoms with E-state index in [1.807, 2.05) is 11.3 Å². The fourth-order valence-corrected chi connectivity index (χ4v) is 3.20. The predicted molar refractivity (Wildman–Crippen MR) is 56.9 cm³/mol. The Kier molecular flexibility index (Phi) is 3.08. The van der Waals surface area contributed by atoms with E-state index >= 15 is 0 Å². The first-order chi connectivity index (χ1) is 5.95. The molecule has 0 bridgehead atoms. The third kappa shape index (κ3) is 2.25. The highest BCUT2D eigenvalue weighted by molar-refractivity contribution is 7.99. The van der Waals surface area contributed by atoms with Crippen molar-refractivity contribution < 1.29 is 0 Å². The van der Waals surface area contributed by atoms with Crippen LogP contribution in [0, 0.1) is 0 Å². The molecule has 1 aliphatic heterocycles. The van der Waals surface area contributed by atoms with Crippen molar-refractivity contribution in [3.63, 3.8) is 0 Å². The van der Waals surface area contributed by atoms with Gasteiger partial charge >= 0.3 is 0 Å². The maximum absolute atomic E-state index is 3.57. The molecular weight excluding hydrogens is 186 g/mol. The van der Waals surface area contributed by atoms with Gasteiger partial charge in [-0.2, -0.15) is 11.8 Å². The summed E-state index contributed by atoms with van der Waals surface area (Å²) in [7, 11) is 0. The smallest absolute Gasteiger partial charge is 0.0302 e. The summed E-state index contributed by atoms with van der Waals surface area (Å²) < 4.78 is 0. The molecule has 3 heteroatoms. The lowest BCUT2D eigenvalue weighted by atomic mass is 10.2. The standard InChI is InChI=1S/C9H13NS2/c1-2-9(12-4-1)6-10-8-3-5-11-7-8/h1-2,4,8,10H,3,5-7H2. The average molecular weight is 199 g/mol. The van der Waals surface area contributed by atoms with Crippen molar-refractivity contribution in [3.8, 4) is 0 Å². The zero-order chi connectivity index (χ0) is 8.23. The molecule has 1 aromatic heterocycles. The Morgan fingerprint density at radius 3 is 3.25 bits per heavy atom. The fourth-order valence-electron chi connectivity index (χ4n) is 1.35. The molecule has 0 spiro atoms. The Hall–Kier alpha value is 0.01000. The normalized spacial score (nSPS) is 23.2. The molecule has 12 heavy (non-hydrogen) atoms. The van der Waals surface area contributed by atoms with E-state index in [0.717, 1.165) is 12.6 Å². The second kappa shape index (κ2) is 4.30. The van der Waals surface area contributed by atoms with Crippen LogP contribution in [0.3, 0.4) is 0 Å². The van der Waals surface area contributed by atoms with E-state index in [1.165, 1.54) is 22.8 Å². The van der Waals surface area contributed by atoms with Gasteiger partial charge < -0.3 is 5.32 Å². The number of rotatable bonds is 3. The molecule has 2 heterocycles. The minimum Gasteiger partial charge on any atom is -0.308 e. The van der Waals surface area contributed by atoms with Crippen molar-refractivity contribution in [1.82, 2.24) is 5.32 Å². The molecule has 1 N–H and O–H groups in total. The number of thioether (sulfide) groups is 1. The summed E-state index contributed by atoms with van der Waals surface area (Å²) in [4.78, 5) is 1.45. The third-order valence-electron chi connectivity index (χ3n) is 2.07. The molecule has 0 radical (unpaired) electrons. The van der Waals surface area contributed by atoms with E-state index < -0.39 is 0 Å². The third-order valence-corrected chi connectivity index (χ3v) is 4.11. The van der Waals surface area contributed by atoms with Gasteiger partial charge in [-0.15, -0.1) is 11.3 Å². The summed E-state index contributed by atoms with van der Waals surface area (Å²) in [5.41, 5.74) is 0.